The summed E-state index contributed by atoms with van der Waals surface area (Å²) in [4.78, 5) is 32.4. The third kappa shape index (κ3) is 7.08. The maximum atomic E-state index is 12.1. The Morgan fingerprint density at radius 3 is 1.59 bits per heavy atom. The standard InChI is InChI=1S/C28H34N16O5/c1-5-7-9-16-20(35-39-24-14(12-31-37-24)26(45)48-3)22(29)43(41-16)18-11-19(34-28(47)33-18)44-23(30)21(17(42-44)10-8-6-2)36-40-25-15(13-32-38-25)27(46)49-4/h11-13H,5-10,29-30H2,1-4H3,(H,31,37)(H,32,38)(H,33,34,47). The number of hydrogen-bond donors (Lipinski definition) is 5. The number of carbonyl (C=O) groups is 2. The molecule has 0 atom stereocenters. The number of azo groups is 2. The van der Waals surface area contributed by atoms with Gasteiger partial charge in [-0.05, 0) is 25.7 Å². The number of esters is 2. The molecule has 0 aromatic carbocycles. The van der Waals surface area contributed by atoms with Gasteiger partial charge in [0.1, 0.15) is 11.1 Å². The number of carbonyl (C=O) groups excluding carboxylic acids is 2. The number of methoxy groups -OCH3 is 2. The lowest BCUT2D eigenvalue weighted by Gasteiger charge is -2.07. The molecule has 256 valence electrons. The molecule has 5 aromatic heterocycles. The van der Waals surface area contributed by atoms with Crippen LogP contribution in [0.15, 0.2) is 38.9 Å². The van der Waals surface area contributed by atoms with Crippen LogP contribution >= 0.6 is 0 Å². The van der Waals surface area contributed by atoms with E-state index in [4.69, 9.17) is 20.9 Å². The highest BCUT2D eigenvalue weighted by Crippen LogP contribution is 2.35. The third-order valence-electron chi connectivity index (χ3n) is 7.13. The second-order valence-electron chi connectivity index (χ2n) is 10.4. The second-order valence-corrected chi connectivity index (χ2v) is 10.4. The Morgan fingerprint density at radius 1 is 0.776 bits per heavy atom. The zero-order valence-corrected chi connectivity index (χ0v) is 27.1. The van der Waals surface area contributed by atoms with Gasteiger partial charge in [-0.15, -0.1) is 20.5 Å². The Labute approximate surface area is 277 Å². The van der Waals surface area contributed by atoms with E-state index in [1.165, 1.54) is 42.0 Å². The van der Waals surface area contributed by atoms with Gasteiger partial charge in [-0.2, -0.15) is 39.7 Å². The number of unbranched alkanes of at least 4 members (excludes halogenated alkanes) is 2. The quantitative estimate of drug-likeness (QED) is 0.0813. The molecule has 0 aliphatic heterocycles. The maximum Gasteiger partial charge on any atom is 0.343 e. The van der Waals surface area contributed by atoms with Gasteiger partial charge in [0.05, 0.1) is 38.0 Å². The minimum atomic E-state index is -0.644. The molecule has 21 heteroatoms. The van der Waals surface area contributed by atoms with E-state index in [9.17, 15) is 14.7 Å². The number of aromatic nitrogens is 10. The van der Waals surface area contributed by atoms with Crippen molar-refractivity contribution >= 4 is 46.6 Å². The highest BCUT2D eigenvalue weighted by atomic mass is 16.5. The molecule has 0 bridgehead atoms. The molecule has 0 fully saturated rings. The van der Waals surface area contributed by atoms with Gasteiger partial charge in [0.15, 0.2) is 46.3 Å². The lowest BCUT2D eigenvalue weighted by molar-refractivity contribution is 0.0592. The molecule has 5 rings (SSSR count). The van der Waals surface area contributed by atoms with Crippen LogP contribution in [0.2, 0.25) is 0 Å². The van der Waals surface area contributed by atoms with E-state index in [0.717, 1.165) is 25.7 Å². The maximum absolute atomic E-state index is 12.1. The summed E-state index contributed by atoms with van der Waals surface area (Å²) in [6.45, 7) is 4.04. The van der Waals surface area contributed by atoms with Gasteiger partial charge in [0, 0.05) is 6.07 Å². The van der Waals surface area contributed by atoms with E-state index in [0.29, 0.717) is 24.2 Å². The van der Waals surface area contributed by atoms with Crippen LogP contribution in [0.4, 0.5) is 34.6 Å². The summed E-state index contributed by atoms with van der Waals surface area (Å²) in [5.74, 6) is -0.914. The molecule has 0 radical (unpaired) electrons. The van der Waals surface area contributed by atoms with Crippen LogP contribution in [0.5, 0.6) is 6.01 Å². The van der Waals surface area contributed by atoms with E-state index in [-0.39, 0.29) is 57.4 Å². The number of nitrogens with one attached hydrogen (secondary N) is 2. The number of aromatic hydroxyl groups is 1. The minimum Gasteiger partial charge on any atom is -0.479 e. The summed E-state index contributed by atoms with van der Waals surface area (Å²) in [6.07, 6.45) is 6.77. The number of rotatable bonds is 14. The molecule has 0 unspecified atom stereocenters. The zero-order chi connectivity index (χ0) is 35.1. The molecule has 0 spiro atoms. The average Bonchev–Trinajstić information content (AvgIpc) is 3.89. The fourth-order valence-electron chi connectivity index (χ4n) is 4.59. The van der Waals surface area contributed by atoms with Crippen LogP contribution in [-0.2, 0) is 22.3 Å². The molecule has 0 saturated carbocycles. The number of aryl methyl sites for hydroxylation is 2. The minimum absolute atomic E-state index is 0.0468. The van der Waals surface area contributed by atoms with E-state index in [2.05, 4.69) is 61.0 Å². The summed E-state index contributed by atoms with van der Waals surface area (Å²) >= 11 is 0. The van der Waals surface area contributed by atoms with Crippen LogP contribution in [-0.4, -0.2) is 81.2 Å². The summed E-state index contributed by atoms with van der Waals surface area (Å²) in [7, 11) is 2.48. The van der Waals surface area contributed by atoms with Crippen molar-refractivity contribution in [3.63, 3.8) is 0 Å². The molecule has 0 aliphatic rings. The van der Waals surface area contributed by atoms with E-state index in [1.54, 1.807) is 0 Å². The van der Waals surface area contributed by atoms with Crippen molar-refractivity contribution in [3.8, 4) is 17.6 Å². The van der Waals surface area contributed by atoms with Gasteiger partial charge in [-0.1, -0.05) is 26.7 Å². The predicted molar refractivity (Wildman–Crippen MR) is 172 cm³/mol. The lowest BCUT2D eigenvalue weighted by atomic mass is 10.2. The normalized spacial score (nSPS) is 11.6. The number of nitrogens with two attached hydrogens (primary N) is 2. The number of anilines is 2. The fraction of sp³-hybridized carbons (Fsp3) is 0.357. The van der Waals surface area contributed by atoms with Crippen LogP contribution in [0.1, 0.15) is 71.6 Å². The van der Waals surface area contributed by atoms with Crippen molar-refractivity contribution in [1.29, 1.82) is 0 Å². The van der Waals surface area contributed by atoms with Crippen LogP contribution in [0.3, 0.4) is 0 Å². The van der Waals surface area contributed by atoms with Crippen LogP contribution < -0.4 is 11.5 Å². The van der Waals surface area contributed by atoms with Gasteiger partial charge in [-0.3, -0.25) is 10.2 Å². The van der Waals surface area contributed by atoms with Gasteiger partial charge in [-0.25, -0.2) is 9.59 Å². The number of H-pyrrole nitrogens is 2. The zero-order valence-electron chi connectivity index (χ0n) is 27.1. The average molecular weight is 675 g/mol. The molecule has 0 aliphatic carbocycles. The van der Waals surface area contributed by atoms with Crippen molar-refractivity contribution in [3.05, 3.63) is 41.0 Å². The summed E-state index contributed by atoms with van der Waals surface area (Å²) in [6, 6.07) is 0.852. The first kappa shape index (κ1) is 33.8. The Hall–Kier alpha value is -6.54. The Kier molecular flexibility index (Phi) is 10.3. The molecule has 7 N–H and O–H groups in total. The molecule has 0 saturated heterocycles. The van der Waals surface area contributed by atoms with E-state index >= 15 is 0 Å². The summed E-state index contributed by atoms with van der Waals surface area (Å²) in [5, 5.41) is 49.6. The fourth-order valence-corrected chi connectivity index (χ4v) is 4.59. The number of hydrogen-bond acceptors (Lipinski definition) is 17. The Morgan fingerprint density at radius 2 is 1.20 bits per heavy atom. The summed E-state index contributed by atoms with van der Waals surface area (Å²) < 4.78 is 12.1. The third-order valence-corrected chi connectivity index (χ3v) is 7.13. The highest BCUT2D eigenvalue weighted by Gasteiger charge is 2.23. The van der Waals surface area contributed by atoms with Gasteiger partial charge in [0.2, 0.25) is 0 Å². The highest BCUT2D eigenvalue weighted by molar-refractivity contribution is 5.94. The largest absolute Gasteiger partial charge is 0.479 e. The van der Waals surface area contributed by atoms with Gasteiger partial charge < -0.3 is 26.0 Å². The molecular formula is C28H34N16O5. The number of nitrogen functional groups attached to an aromatic ring is 2. The lowest BCUT2D eigenvalue weighted by Crippen LogP contribution is -2.09. The first-order valence-corrected chi connectivity index (χ1v) is 15.1. The molecule has 0 amide bonds. The first-order valence-electron chi connectivity index (χ1n) is 15.1. The van der Waals surface area contributed by atoms with Crippen LogP contribution in [0.25, 0.3) is 11.6 Å². The van der Waals surface area contributed by atoms with Crippen molar-refractivity contribution in [1.82, 2.24) is 49.9 Å². The summed E-state index contributed by atoms with van der Waals surface area (Å²) in [5.41, 5.74) is 14.7. The second kappa shape index (κ2) is 14.9. The molecule has 5 heterocycles. The van der Waals surface area contributed by atoms with Crippen molar-refractivity contribution in [2.75, 3.05) is 25.7 Å². The number of aromatic amines is 2. The number of ether oxygens (including phenoxy) is 2. The smallest absolute Gasteiger partial charge is 0.343 e. The Balaban J connectivity index is 1.56. The van der Waals surface area contributed by atoms with E-state index < -0.39 is 17.9 Å². The topological polar surface area (TPSA) is 293 Å². The molecule has 49 heavy (non-hydrogen) atoms. The Bertz CT molecular complexity index is 1880. The van der Waals surface area contributed by atoms with Gasteiger partial charge >= 0.3 is 17.9 Å². The van der Waals surface area contributed by atoms with Crippen LogP contribution in [0, 0.1) is 0 Å². The predicted octanol–water partition coefficient (Wildman–Crippen LogP) is 4.25. The molecule has 21 nitrogen and oxygen atoms in total. The molecule has 5 aromatic rings. The first-order chi connectivity index (χ1) is 23.7. The monoisotopic (exact) mass is 674 g/mol. The molecular weight excluding hydrogens is 640 g/mol. The SMILES string of the molecule is CCCCc1nn(-c2cc(-n3nc(CCCC)c(N=Nc4[nH]ncc4C(=O)OC)c3N)nc(O)n2)c(N)c1N=Nc1[nH]ncc1C(=O)OC. The number of nitrogens with zero attached hydrogens (tertiary/aromatic N) is 12. The van der Waals surface area contributed by atoms with Crippen molar-refractivity contribution in [2.24, 2.45) is 20.5 Å². The van der Waals surface area contributed by atoms with Gasteiger partial charge in [0.25, 0.3) is 0 Å². The van der Waals surface area contributed by atoms with E-state index in [1.807, 2.05) is 13.8 Å². The van der Waals surface area contributed by atoms with Crippen molar-refractivity contribution in [2.45, 2.75) is 52.4 Å². The van der Waals surface area contributed by atoms with Crippen molar-refractivity contribution < 1.29 is 24.2 Å².